The van der Waals surface area contributed by atoms with E-state index in [1.54, 1.807) is 18.0 Å². The van der Waals surface area contributed by atoms with Crippen LogP contribution in [-0.4, -0.2) is 85.0 Å². The molecule has 1 saturated heterocycles. The van der Waals surface area contributed by atoms with Gasteiger partial charge in [-0.05, 0) is 79.4 Å². The number of amides is 2. The first-order chi connectivity index (χ1) is 26.7. The molecule has 11 nitrogen and oxygen atoms in total. The predicted octanol–water partition coefficient (Wildman–Crippen LogP) is 6.98. The van der Waals surface area contributed by atoms with Crippen LogP contribution in [0.15, 0.2) is 79.0 Å². The molecule has 0 radical (unpaired) electrons. The van der Waals surface area contributed by atoms with Crippen LogP contribution in [-0.2, 0) is 22.6 Å². The molecule has 12 heteroatoms. The van der Waals surface area contributed by atoms with Crippen LogP contribution < -0.4 is 15.4 Å². The number of hydrogen-bond donors (Lipinski definition) is 3. The van der Waals surface area contributed by atoms with Gasteiger partial charge in [-0.1, -0.05) is 49.7 Å². The zero-order valence-corrected chi connectivity index (χ0v) is 31.8. The minimum Gasteiger partial charge on any atom is -0.493 e. The fourth-order valence-electron chi connectivity index (χ4n) is 6.98. The predicted molar refractivity (Wildman–Crippen MR) is 213 cm³/mol. The number of nitrogens with one attached hydrogen (secondary N) is 3. The van der Waals surface area contributed by atoms with E-state index in [4.69, 9.17) is 9.53 Å². The fourth-order valence-corrected chi connectivity index (χ4v) is 6.98. The molecule has 2 unspecified atom stereocenters. The Morgan fingerprint density at radius 2 is 1.80 bits per heavy atom. The summed E-state index contributed by atoms with van der Waals surface area (Å²) in [4.78, 5) is 56.2. The number of anilines is 1. The molecule has 4 heterocycles. The van der Waals surface area contributed by atoms with Gasteiger partial charge in [0.2, 0.25) is 6.41 Å². The van der Waals surface area contributed by atoms with Gasteiger partial charge in [-0.25, -0.2) is 9.37 Å². The number of hydrogen-bond acceptors (Lipinski definition) is 8. The number of aldehydes is 2. The van der Waals surface area contributed by atoms with Crippen molar-refractivity contribution < 1.29 is 28.3 Å². The van der Waals surface area contributed by atoms with Crippen LogP contribution in [0.4, 0.5) is 10.2 Å². The molecule has 2 aliphatic heterocycles. The third-order valence-electron chi connectivity index (χ3n) is 9.94. The van der Waals surface area contributed by atoms with E-state index in [1.165, 1.54) is 48.1 Å². The van der Waals surface area contributed by atoms with Crippen molar-refractivity contribution in [2.24, 2.45) is 0 Å². The van der Waals surface area contributed by atoms with Crippen LogP contribution in [0.25, 0.3) is 22.0 Å². The molecule has 2 amide bonds. The van der Waals surface area contributed by atoms with Gasteiger partial charge in [0.25, 0.3) is 5.91 Å². The number of aromatic amines is 1. The highest BCUT2D eigenvalue weighted by molar-refractivity contribution is 6.01. The Balaban J connectivity index is 0.000000228. The second-order valence-corrected chi connectivity index (χ2v) is 13.5. The van der Waals surface area contributed by atoms with Gasteiger partial charge in [0.05, 0.1) is 23.7 Å². The number of rotatable bonds is 13. The molecule has 288 valence electrons. The zero-order chi connectivity index (χ0) is 39.3. The Kier molecular flexibility index (Phi) is 14.3. The van der Waals surface area contributed by atoms with Crippen LogP contribution in [0.2, 0.25) is 0 Å². The molecule has 2 aromatic heterocycles. The van der Waals surface area contributed by atoms with E-state index in [1.807, 2.05) is 62.6 Å². The molecular weight excluding hydrogens is 700 g/mol. The van der Waals surface area contributed by atoms with Crippen LogP contribution in [0.5, 0.6) is 5.75 Å². The normalized spacial score (nSPS) is 15.3. The number of H-pyrrole nitrogens is 1. The standard InChI is InChI=1S/C28H26FNO4.C13H18N4.C2H5NO/c1-2-4-22(18-32)30-16-26-24(5-3-6-25(26)28(30)33)20-9-7-19(8-10-20)13-14-34-23-12-11-21(17-31)27(29)15-23;1-14-13-7-10-9(8-15-13)6-11(16-10)12-4-3-5-17(12)2;1-3-2-4/h3,5-12,15,17-18,22H,2,4,13-14,16H2,1H3;6-8,12,16H,3-5H2,1-2H3,(H,14,15);2H,1H3,(H,3,4). The number of ether oxygens (including phenoxy) is 1. The van der Waals surface area contributed by atoms with E-state index in [0.717, 1.165) is 40.8 Å². The summed E-state index contributed by atoms with van der Waals surface area (Å²) in [6.45, 7) is 4.00. The van der Waals surface area contributed by atoms with E-state index in [9.17, 15) is 18.8 Å². The van der Waals surface area contributed by atoms with Crippen molar-refractivity contribution in [3.8, 4) is 16.9 Å². The highest BCUT2D eigenvalue weighted by atomic mass is 19.1. The largest absolute Gasteiger partial charge is 0.493 e. The van der Waals surface area contributed by atoms with Gasteiger partial charge in [0.1, 0.15) is 23.7 Å². The topological polar surface area (TPSA) is 137 Å². The zero-order valence-electron chi connectivity index (χ0n) is 31.8. The van der Waals surface area contributed by atoms with Crippen LogP contribution in [0.1, 0.15) is 76.2 Å². The van der Waals surface area contributed by atoms with Crippen molar-refractivity contribution in [1.82, 2.24) is 25.1 Å². The van der Waals surface area contributed by atoms with E-state index in [-0.39, 0.29) is 11.5 Å². The summed E-state index contributed by atoms with van der Waals surface area (Å²) in [5.74, 6) is 0.600. The molecule has 0 aliphatic carbocycles. The van der Waals surface area contributed by atoms with Crippen molar-refractivity contribution in [2.75, 3.05) is 39.6 Å². The molecule has 7 rings (SSSR count). The van der Waals surface area contributed by atoms with Gasteiger partial charge in [-0.15, -0.1) is 0 Å². The molecule has 3 aromatic carbocycles. The number of benzene rings is 3. The van der Waals surface area contributed by atoms with Crippen LogP contribution in [0, 0.1) is 5.82 Å². The minimum atomic E-state index is -0.599. The van der Waals surface area contributed by atoms with Crippen molar-refractivity contribution >= 4 is 41.6 Å². The highest BCUT2D eigenvalue weighted by Crippen LogP contribution is 2.35. The smallest absolute Gasteiger partial charge is 0.255 e. The second kappa shape index (κ2) is 19.4. The molecular formula is C43H49FN6O5. The summed E-state index contributed by atoms with van der Waals surface area (Å²) >= 11 is 0. The molecule has 2 atom stereocenters. The quantitative estimate of drug-likeness (QED) is 0.110. The Bertz CT molecular complexity index is 2080. The Morgan fingerprint density at radius 3 is 2.44 bits per heavy atom. The third kappa shape index (κ3) is 9.81. The van der Waals surface area contributed by atoms with E-state index >= 15 is 0 Å². The Morgan fingerprint density at radius 1 is 1.04 bits per heavy atom. The molecule has 0 saturated carbocycles. The Hall–Kier alpha value is -5.88. The van der Waals surface area contributed by atoms with Crippen molar-refractivity contribution in [1.29, 1.82) is 0 Å². The molecule has 5 aromatic rings. The minimum absolute atomic E-state index is 0.00667. The molecule has 1 fully saturated rings. The fraction of sp³-hybridized carbons (Fsp3) is 0.326. The number of pyridine rings is 1. The second-order valence-electron chi connectivity index (χ2n) is 13.5. The number of carbonyl (C=O) groups is 4. The number of carbonyl (C=O) groups excluding carboxylic acids is 4. The lowest BCUT2D eigenvalue weighted by molar-refractivity contribution is -0.112. The molecule has 0 bridgehead atoms. The number of aromatic nitrogens is 2. The van der Waals surface area contributed by atoms with Gasteiger partial charge < -0.3 is 30.0 Å². The molecule has 2 aliphatic rings. The first kappa shape index (κ1) is 40.3. The maximum absolute atomic E-state index is 13.7. The molecule has 55 heavy (non-hydrogen) atoms. The van der Waals surface area contributed by atoms with E-state index < -0.39 is 11.9 Å². The molecule has 3 N–H and O–H groups in total. The summed E-state index contributed by atoms with van der Waals surface area (Å²) < 4.78 is 19.3. The lowest BCUT2D eigenvalue weighted by Crippen LogP contribution is -2.36. The summed E-state index contributed by atoms with van der Waals surface area (Å²) in [6.07, 6.45) is 8.55. The van der Waals surface area contributed by atoms with Crippen LogP contribution >= 0.6 is 0 Å². The number of nitrogens with zero attached hydrogens (tertiary/aromatic N) is 3. The maximum Gasteiger partial charge on any atom is 0.255 e. The summed E-state index contributed by atoms with van der Waals surface area (Å²) in [7, 11) is 5.65. The highest BCUT2D eigenvalue weighted by Gasteiger charge is 2.33. The lowest BCUT2D eigenvalue weighted by atomic mass is 9.96. The third-order valence-corrected chi connectivity index (χ3v) is 9.94. The monoisotopic (exact) mass is 748 g/mol. The summed E-state index contributed by atoms with van der Waals surface area (Å²) in [5.41, 5.74) is 7.15. The van der Waals surface area contributed by atoms with Crippen molar-refractivity contribution in [3.05, 3.63) is 113 Å². The average molecular weight is 749 g/mol. The lowest BCUT2D eigenvalue weighted by Gasteiger charge is -2.22. The van der Waals surface area contributed by atoms with Crippen molar-refractivity contribution in [2.45, 2.75) is 57.7 Å². The van der Waals surface area contributed by atoms with Gasteiger partial charge in [-0.2, -0.15) is 0 Å². The van der Waals surface area contributed by atoms with Crippen LogP contribution in [0.3, 0.4) is 0 Å². The summed E-state index contributed by atoms with van der Waals surface area (Å²) in [6, 6.07) is 22.4. The van der Waals surface area contributed by atoms with Gasteiger partial charge in [0, 0.05) is 68.1 Å². The SMILES string of the molecule is CCCC(C=O)N1Cc2c(cccc2-c2ccc(CCOc3ccc(C=O)c(F)c3)cc2)C1=O.CNC=O.CNc1cc2[nH]c(C3CCCN3C)cc2cn1. The number of halogens is 1. The average Bonchev–Trinajstić information content (AvgIpc) is 3.93. The molecule has 0 spiro atoms. The van der Waals surface area contributed by atoms with E-state index in [0.29, 0.717) is 56.0 Å². The van der Waals surface area contributed by atoms with Gasteiger partial charge in [0.15, 0.2) is 6.29 Å². The first-order valence-electron chi connectivity index (χ1n) is 18.6. The number of fused-ring (bicyclic) bond motifs is 2. The van der Waals surface area contributed by atoms with E-state index in [2.05, 4.69) is 44.7 Å². The van der Waals surface area contributed by atoms with Gasteiger partial charge >= 0.3 is 0 Å². The summed E-state index contributed by atoms with van der Waals surface area (Å²) in [5, 5.41) is 6.51. The Labute approximate surface area is 321 Å². The van der Waals surface area contributed by atoms with Gasteiger partial charge in [-0.3, -0.25) is 19.3 Å². The maximum atomic E-state index is 13.7. The first-order valence-corrected chi connectivity index (χ1v) is 18.6. The number of likely N-dealkylation sites (tertiary alicyclic amines) is 1. The van der Waals surface area contributed by atoms with Crippen molar-refractivity contribution in [3.63, 3.8) is 0 Å².